The zero-order valence-corrected chi connectivity index (χ0v) is 12.3. The van der Waals surface area contributed by atoms with Crippen LogP contribution in [-0.2, 0) is 6.54 Å². The molecule has 0 saturated carbocycles. The third kappa shape index (κ3) is 4.44. The maximum Gasteiger partial charge on any atom is 0.279 e. The van der Waals surface area contributed by atoms with Crippen LogP contribution in [0.15, 0.2) is 48.5 Å². The van der Waals surface area contributed by atoms with Gasteiger partial charge in [0.15, 0.2) is 6.61 Å². The summed E-state index contributed by atoms with van der Waals surface area (Å²) < 4.78 is 5.53. The van der Waals surface area contributed by atoms with Crippen molar-refractivity contribution in [3.05, 3.63) is 64.1 Å². The number of ether oxygens (including phenoxy) is 1. The van der Waals surface area contributed by atoms with Crippen molar-refractivity contribution in [1.82, 2.24) is 0 Å². The van der Waals surface area contributed by atoms with E-state index in [1.807, 2.05) is 30.3 Å². The fraction of sp³-hybridized carbons (Fsp3) is 0.133. The summed E-state index contributed by atoms with van der Waals surface area (Å²) in [6, 6.07) is 15.0. The summed E-state index contributed by atoms with van der Waals surface area (Å²) in [6.07, 6.45) is 0. The molecule has 3 N–H and O–H groups in total. The number of nitrogens with one attached hydrogen (secondary N) is 1. The highest BCUT2D eigenvalue weighted by Crippen LogP contribution is 2.27. The summed E-state index contributed by atoms with van der Waals surface area (Å²) in [5.41, 5.74) is 7.01. The lowest BCUT2D eigenvalue weighted by molar-refractivity contribution is -0.477. The van der Waals surface area contributed by atoms with E-state index in [1.165, 1.54) is 0 Å². The fourth-order valence-corrected chi connectivity index (χ4v) is 1.94. The molecule has 0 heterocycles. The molecule has 2 aromatic carbocycles. The molecule has 0 spiro atoms. The summed E-state index contributed by atoms with van der Waals surface area (Å²) in [4.78, 5) is 3.10. The quantitative estimate of drug-likeness (QED) is 0.656. The minimum absolute atomic E-state index is 0.229. The Bertz CT molecular complexity index is 600. The summed E-state index contributed by atoms with van der Waals surface area (Å²) in [5.74, 6) is 1.05. The van der Waals surface area contributed by atoms with Crippen LogP contribution >= 0.6 is 23.2 Å². The lowest BCUT2D eigenvalue weighted by Crippen LogP contribution is -2.75. The second kappa shape index (κ2) is 7.17. The molecule has 0 aliphatic rings. The van der Waals surface area contributed by atoms with Crippen molar-refractivity contribution in [1.29, 1.82) is 0 Å². The van der Waals surface area contributed by atoms with E-state index in [4.69, 9.17) is 33.7 Å². The molecule has 0 aromatic heterocycles. The molecule has 0 fully saturated rings. The molecule has 20 heavy (non-hydrogen) atoms. The summed E-state index contributed by atoms with van der Waals surface area (Å²) >= 11 is 11.9. The SMILES string of the molecule is NC(COc1cc(Cl)ccc1Cl)=[NH+]Cc1ccccc1. The molecule has 3 nitrogen and oxygen atoms in total. The highest BCUT2D eigenvalue weighted by atomic mass is 35.5. The number of amidine groups is 1. The van der Waals surface area contributed by atoms with Gasteiger partial charge in [0.1, 0.15) is 12.3 Å². The van der Waals surface area contributed by atoms with Crippen molar-refractivity contribution in [2.24, 2.45) is 5.73 Å². The van der Waals surface area contributed by atoms with Crippen molar-refractivity contribution >= 4 is 29.0 Å². The molecule has 104 valence electrons. The van der Waals surface area contributed by atoms with Crippen LogP contribution in [0.25, 0.3) is 0 Å². The van der Waals surface area contributed by atoms with Crippen molar-refractivity contribution < 1.29 is 9.73 Å². The average molecular weight is 310 g/mol. The monoisotopic (exact) mass is 309 g/mol. The Morgan fingerprint density at radius 1 is 1.10 bits per heavy atom. The maximum atomic E-state index is 6.00. The minimum atomic E-state index is 0.229. The summed E-state index contributed by atoms with van der Waals surface area (Å²) in [6.45, 7) is 0.881. The Hall–Kier alpha value is -1.71. The number of nitrogens with two attached hydrogens (primary N) is 1. The van der Waals surface area contributed by atoms with E-state index in [9.17, 15) is 0 Å². The Balaban J connectivity index is 1.91. The molecule has 0 aliphatic heterocycles. The highest BCUT2D eigenvalue weighted by Gasteiger charge is 2.06. The van der Waals surface area contributed by atoms with Gasteiger partial charge in [-0.3, -0.25) is 10.7 Å². The fourth-order valence-electron chi connectivity index (χ4n) is 1.61. The number of benzene rings is 2. The van der Waals surface area contributed by atoms with Crippen molar-refractivity contribution in [2.75, 3.05) is 6.61 Å². The van der Waals surface area contributed by atoms with Crippen LogP contribution in [0.4, 0.5) is 0 Å². The van der Waals surface area contributed by atoms with Crippen LogP contribution in [0.2, 0.25) is 10.0 Å². The van der Waals surface area contributed by atoms with Gasteiger partial charge in [0.05, 0.1) is 5.02 Å². The molecule has 0 aliphatic carbocycles. The van der Waals surface area contributed by atoms with E-state index in [0.717, 1.165) is 5.56 Å². The van der Waals surface area contributed by atoms with E-state index < -0.39 is 0 Å². The molecule has 0 atom stereocenters. The zero-order valence-electron chi connectivity index (χ0n) is 10.8. The van der Waals surface area contributed by atoms with Crippen LogP contribution in [0.1, 0.15) is 5.56 Å². The van der Waals surface area contributed by atoms with Crippen LogP contribution in [0.5, 0.6) is 5.75 Å². The van der Waals surface area contributed by atoms with Gasteiger partial charge in [0.2, 0.25) is 0 Å². The Morgan fingerprint density at radius 2 is 1.85 bits per heavy atom. The van der Waals surface area contributed by atoms with E-state index in [2.05, 4.69) is 4.99 Å². The molecule has 2 rings (SSSR count). The van der Waals surface area contributed by atoms with Gasteiger partial charge in [0, 0.05) is 11.1 Å². The molecule has 0 bridgehead atoms. The van der Waals surface area contributed by atoms with E-state index in [0.29, 0.717) is 28.2 Å². The van der Waals surface area contributed by atoms with Gasteiger partial charge >= 0.3 is 0 Å². The predicted molar refractivity (Wildman–Crippen MR) is 82.3 cm³/mol. The Morgan fingerprint density at radius 3 is 2.60 bits per heavy atom. The molecule has 0 amide bonds. The van der Waals surface area contributed by atoms with Gasteiger partial charge < -0.3 is 4.74 Å². The van der Waals surface area contributed by atoms with Crippen LogP contribution in [0.3, 0.4) is 0 Å². The average Bonchev–Trinajstić information content (AvgIpc) is 2.47. The van der Waals surface area contributed by atoms with Gasteiger partial charge in [-0.15, -0.1) is 0 Å². The first kappa shape index (κ1) is 14.7. The number of hydrogen-bond donors (Lipinski definition) is 2. The van der Waals surface area contributed by atoms with Gasteiger partial charge in [-0.1, -0.05) is 53.5 Å². The molecular formula is C15H15Cl2N2O+. The summed E-state index contributed by atoms with van der Waals surface area (Å²) in [5, 5.41) is 1.07. The van der Waals surface area contributed by atoms with Gasteiger partial charge in [-0.2, -0.15) is 0 Å². The standard InChI is InChI=1S/C15H14Cl2N2O/c16-12-6-7-13(17)14(8-12)20-10-15(18)19-9-11-4-2-1-3-5-11/h1-8H,9-10H2,(H2,18,19)/p+1. The first-order chi connectivity index (χ1) is 9.65. The third-order valence-electron chi connectivity index (χ3n) is 2.64. The van der Waals surface area contributed by atoms with E-state index in [1.54, 1.807) is 18.2 Å². The second-order valence-electron chi connectivity index (χ2n) is 4.23. The smallest absolute Gasteiger partial charge is 0.279 e. The molecule has 0 radical (unpaired) electrons. The first-order valence-corrected chi connectivity index (χ1v) is 6.87. The van der Waals surface area contributed by atoms with Crippen molar-refractivity contribution in [3.8, 4) is 5.75 Å². The van der Waals surface area contributed by atoms with Crippen LogP contribution in [0, 0.1) is 0 Å². The third-order valence-corrected chi connectivity index (χ3v) is 3.19. The van der Waals surface area contributed by atoms with Crippen molar-refractivity contribution in [2.45, 2.75) is 6.54 Å². The lowest BCUT2D eigenvalue weighted by atomic mass is 10.2. The number of rotatable bonds is 5. The topological polar surface area (TPSA) is 49.2 Å². The first-order valence-electron chi connectivity index (χ1n) is 6.12. The van der Waals surface area contributed by atoms with Crippen LogP contribution in [-0.4, -0.2) is 12.4 Å². The van der Waals surface area contributed by atoms with Crippen LogP contribution < -0.4 is 15.5 Å². The van der Waals surface area contributed by atoms with E-state index in [-0.39, 0.29) is 6.61 Å². The molecule has 0 unspecified atom stereocenters. The molecular weight excluding hydrogens is 295 g/mol. The predicted octanol–water partition coefficient (Wildman–Crippen LogP) is 2.01. The zero-order chi connectivity index (χ0) is 14.4. The van der Waals surface area contributed by atoms with Gasteiger partial charge in [0.25, 0.3) is 5.84 Å². The molecule has 2 aromatic rings. The van der Waals surface area contributed by atoms with Gasteiger partial charge in [-0.05, 0) is 17.7 Å². The van der Waals surface area contributed by atoms with Crippen molar-refractivity contribution in [3.63, 3.8) is 0 Å². The normalized spacial score (nSPS) is 11.4. The molecule has 5 heteroatoms. The minimum Gasteiger partial charge on any atom is -0.479 e. The number of hydrogen-bond acceptors (Lipinski definition) is 1. The van der Waals surface area contributed by atoms with E-state index >= 15 is 0 Å². The Kier molecular flexibility index (Phi) is 5.27. The maximum absolute atomic E-state index is 6.00. The highest BCUT2D eigenvalue weighted by molar-refractivity contribution is 6.34. The van der Waals surface area contributed by atoms with Gasteiger partial charge in [-0.25, -0.2) is 0 Å². The molecule has 0 saturated heterocycles. The lowest BCUT2D eigenvalue weighted by Gasteiger charge is -2.06. The largest absolute Gasteiger partial charge is 0.479 e. The Labute approximate surface area is 128 Å². The second-order valence-corrected chi connectivity index (χ2v) is 5.07. The number of halogens is 2. The summed E-state index contributed by atoms with van der Waals surface area (Å²) in [7, 11) is 0.